The maximum atomic E-state index is 11.0. The van der Waals surface area contributed by atoms with Gasteiger partial charge in [-0.15, -0.1) is 0 Å². The van der Waals surface area contributed by atoms with Gasteiger partial charge in [-0.05, 0) is 36.4 Å². The molecular weight excluding hydrogens is 286 g/mol. The van der Waals surface area contributed by atoms with Crippen LogP contribution in [0.25, 0.3) is 0 Å². The maximum absolute atomic E-state index is 11.0. The van der Waals surface area contributed by atoms with E-state index in [9.17, 15) is 9.59 Å². The van der Waals surface area contributed by atoms with Crippen LogP contribution in [0.4, 0.5) is 0 Å². The Labute approximate surface area is 126 Å². The van der Waals surface area contributed by atoms with E-state index in [0.29, 0.717) is 11.3 Å². The summed E-state index contributed by atoms with van der Waals surface area (Å²) in [5, 5.41) is 17.9. The predicted molar refractivity (Wildman–Crippen MR) is 77.1 cm³/mol. The number of nitrogens with zero attached hydrogens (tertiary/aromatic N) is 1. The largest absolute Gasteiger partial charge is 0.497 e. The molecule has 2 aromatic rings. The fourth-order valence-corrected chi connectivity index (χ4v) is 1.64. The average Bonchev–Trinajstić information content (AvgIpc) is 2.53. The normalized spacial score (nSPS) is 9.50. The van der Waals surface area contributed by atoms with Gasteiger partial charge in [0.05, 0.1) is 7.11 Å². The summed E-state index contributed by atoms with van der Waals surface area (Å²) in [5.74, 6) is 3.63. The lowest BCUT2D eigenvalue weighted by Gasteiger charge is -1.99. The van der Waals surface area contributed by atoms with Crippen molar-refractivity contribution in [2.24, 2.45) is 0 Å². The van der Waals surface area contributed by atoms with Crippen LogP contribution in [0.3, 0.4) is 0 Å². The van der Waals surface area contributed by atoms with Crippen LogP contribution in [0.2, 0.25) is 0 Å². The molecule has 6 nitrogen and oxygen atoms in total. The number of rotatable bonds is 3. The van der Waals surface area contributed by atoms with Crippen molar-refractivity contribution in [3.63, 3.8) is 0 Å². The monoisotopic (exact) mass is 297 g/mol. The molecular formula is C16H11NO5. The van der Waals surface area contributed by atoms with Gasteiger partial charge in [-0.2, -0.15) is 0 Å². The van der Waals surface area contributed by atoms with Gasteiger partial charge < -0.3 is 14.9 Å². The second-order valence-corrected chi connectivity index (χ2v) is 4.22. The summed E-state index contributed by atoms with van der Waals surface area (Å²) in [6.45, 7) is 0. The first-order valence-electron chi connectivity index (χ1n) is 6.14. The lowest BCUT2D eigenvalue weighted by atomic mass is 10.1. The van der Waals surface area contributed by atoms with E-state index in [1.165, 1.54) is 12.1 Å². The Hall–Kier alpha value is -3.33. The molecule has 1 aromatic carbocycles. The van der Waals surface area contributed by atoms with E-state index in [2.05, 4.69) is 16.8 Å². The number of aromatic carboxylic acids is 2. The molecule has 1 aromatic heterocycles. The molecule has 0 bridgehead atoms. The molecule has 0 amide bonds. The number of carbonyl (C=O) groups is 2. The third-order valence-corrected chi connectivity index (χ3v) is 2.70. The first kappa shape index (κ1) is 15.1. The van der Waals surface area contributed by atoms with Crippen LogP contribution >= 0.6 is 0 Å². The second-order valence-electron chi connectivity index (χ2n) is 4.22. The van der Waals surface area contributed by atoms with E-state index in [0.717, 1.165) is 0 Å². The number of carboxylic acid groups (broad SMARTS) is 2. The van der Waals surface area contributed by atoms with Crippen LogP contribution in [0, 0.1) is 11.8 Å². The van der Waals surface area contributed by atoms with Gasteiger partial charge in [0.15, 0.2) is 0 Å². The van der Waals surface area contributed by atoms with Gasteiger partial charge in [-0.1, -0.05) is 11.8 Å². The molecule has 1 heterocycles. The molecule has 0 aliphatic heterocycles. The lowest BCUT2D eigenvalue weighted by Crippen LogP contribution is -2.08. The van der Waals surface area contributed by atoms with Gasteiger partial charge >= 0.3 is 11.9 Å². The Morgan fingerprint density at radius 3 is 1.91 bits per heavy atom. The standard InChI is InChI=1S/C16H11NO5/c1-22-12-6-4-10(5-7-12)2-3-11-8-13(15(18)19)17-14(9-11)16(20)21/h4-9H,1H3,(H,18,19)(H,20,21). The van der Waals surface area contributed by atoms with Crippen LogP contribution in [0.15, 0.2) is 36.4 Å². The SMILES string of the molecule is COc1ccc(C#Cc2cc(C(=O)O)nc(C(=O)O)c2)cc1. The molecule has 2 rings (SSSR count). The molecule has 6 heteroatoms. The van der Waals surface area contributed by atoms with Crippen molar-refractivity contribution in [1.82, 2.24) is 4.98 Å². The Morgan fingerprint density at radius 2 is 1.45 bits per heavy atom. The fraction of sp³-hybridized carbons (Fsp3) is 0.0625. The van der Waals surface area contributed by atoms with Crippen LogP contribution in [-0.4, -0.2) is 34.2 Å². The zero-order valence-electron chi connectivity index (χ0n) is 11.5. The Bertz CT molecular complexity index is 752. The number of ether oxygens (including phenoxy) is 1. The number of hydrogen-bond donors (Lipinski definition) is 2. The van der Waals surface area contributed by atoms with Crippen molar-refractivity contribution >= 4 is 11.9 Å². The summed E-state index contributed by atoms with van der Waals surface area (Å²) >= 11 is 0. The first-order chi connectivity index (χ1) is 10.5. The summed E-state index contributed by atoms with van der Waals surface area (Å²) in [4.78, 5) is 25.4. The summed E-state index contributed by atoms with van der Waals surface area (Å²) in [6.07, 6.45) is 0. The number of methoxy groups -OCH3 is 1. The highest BCUT2D eigenvalue weighted by Gasteiger charge is 2.12. The van der Waals surface area contributed by atoms with Crippen molar-refractivity contribution in [3.05, 3.63) is 58.9 Å². The number of aromatic nitrogens is 1. The summed E-state index contributed by atoms with van der Waals surface area (Å²) in [6, 6.07) is 9.41. The maximum Gasteiger partial charge on any atom is 0.354 e. The van der Waals surface area contributed by atoms with Crippen molar-refractivity contribution in [2.45, 2.75) is 0 Å². The van der Waals surface area contributed by atoms with Crippen molar-refractivity contribution in [2.75, 3.05) is 7.11 Å². The van der Waals surface area contributed by atoms with E-state index in [-0.39, 0.29) is 17.0 Å². The van der Waals surface area contributed by atoms with E-state index in [1.54, 1.807) is 31.4 Å². The van der Waals surface area contributed by atoms with E-state index >= 15 is 0 Å². The lowest BCUT2D eigenvalue weighted by molar-refractivity contribution is 0.0685. The minimum absolute atomic E-state index is 0.264. The molecule has 0 fully saturated rings. The molecule has 0 aliphatic carbocycles. The zero-order valence-corrected chi connectivity index (χ0v) is 11.5. The third-order valence-electron chi connectivity index (χ3n) is 2.70. The highest BCUT2D eigenvalue weighted by Crippen LogP contribution is 2.11. The van der Waals surface area contributed by atoms with Crippen LogP contribution in [0.1, 0.15) is 32.1 Å². The minimum atomic E-state index is -1.31. The van der Waals surface area contributed by atoms with Gasteiger partial charge in [0.1, 0.15) is 17.1 Å². The number of carboxylic acids is 2. The Morgan fingerprint density at radius 1 is 0.955 bits per heavy atom. The van der Waals surface area contributed by atoms with E-state index in [1.807, 2.05) is 0 Å². The van der Waals surface area contributed by atoms with Crippen molar-refractivity contribution in [1.29, 1.82) is 0 Å². The van der Waals surface area contributed by atoms with Gasteiger partial charge in [-0.3, -0.25) is 0 Å². The highest BCUT2D eigenvalue weighted by atomic mass is 16.5. The van der Waals surface area contributed by atoms with Crippen molar-refractivity contribution in [3.8, 4) is 17.6 Å². The van der Waals surface area contributed by atoms with Gasteiger partial charge in [0.25, 0.3) is 0 Å². The number of benzene rings is 1. The van der Waals surface area contributed by atoms with Crippen LogP contribution < -0.4 is 4.74 Å². The molecule has 0 spiro atoms. The Kier molecular flexibility index (Phi) is 4.39. The quantitative estimate of drug-likeness (QED) is 0.840. The molecule has 22 heavy (non-hydrogen) atoms. The first-order valence-corrected chi connectivity index (χ1v) is 6.14. The third kappa shape index (κ3) is 3.61. The summed E-state index contributed by atoms with van der Waals surface area (Å²) < 4.78 is 5.03. The molecule has 110 valence electrons. The second kappa shape index (κ2) is 6.41. The van der Waals surface area contributed by atoms with Gasteiger partial charge in [0.2, 0.25) is 0 Å². The molecule has 0 radical (unpaired) electrons. The number of pyridine rings is 1. The smallest absolute Gasteiger partial charge is 0.354 e. The van der Waals surface area contributed by atoms with Crippen LogP contribution in [0.5, 0.6) is 5.75 Å². The topological polar surface area (TPSA) is 96.7 Å². The summed E-state index contributed by atoms with van der Waals surface area (Å²) in [7, 11) is 1.55. The van der Waals surface area contributed by atoms with E-state index in [4.69, 9.17) is 14.9 Å². The molecule has 0 aliphatic rings. The van der Waals surface area contributed by atoms with Gasteiger partial charge in [0, 0.05) is 11.1 Å². The predicted octanol–water partition coefficient (Wildman–Crippen LogP) is 1.89. The average molecular weight is 297 g/mol. The zero-order chi connectivity index (χ0) is 16.1. The fourth-order valence-electron chi connectivity index (χ4n) is 1.64. The van der Waals surface area contributed by atoms with Gasteiger partial charge in [-0.25, -0.2) is 14.6 Å². The molecule has 2 N–H and O–H groups in total. The molecule has 0 unspecified atom stereocenters. The highest BCUT2D eigenvalue weighted by molar-refractivity contribution is 5.90. The van der Waals surface area contributed by atoms with E-state index < -0.39 is 11.9 Å². The molecule has 0 saturated carbocycles. The summed E-state index contributed by atoms with van der Waals surface area (Å²) in [5.41, 5.74) is 0.227. The van der Waals surface area contributed by atoms with Crippen LogP contribution in [-0.2, 0) is 0 Å². The number of hydrogen-bond acceptors (Lipinski definition) is 4. The minimum Gasteiger partial charge on any atom is -0.497 e. The molecule has 0 saturated heterocycles. The Balaban J connectivity index is 2.38. The molecule has 0 atom stereocenters. The van der Waals surface area contributed by atoms with Crippen molar-refractivity contribution < 1.29 is 24.5 Å².